The Labute approximate surface area is 219 Å². The monoisotopic (exact) mass is 530 g/mol. The Hall–Kier alpha value is -3.90. The Balaban J connectivity index is 2.13. The largest absolute Gasteiger partial charge is 0.481 e. The Bertz CT molecular complexity index is 1080. The van der Waals surface area contributed by atoms with E-state index in [4.69, 9.17) is 10.8 Å². The van der Waals surface area contributed by atoms with Gasteiger partial charge in [-0.25, -0.2) is 4.79 Å². The van der Waals surface area contributed by atoms with Gasteiger partial charge < -0.3 is 31.9 Å². The third-order valence-corrected chi connectivity index (χ3v) is 5.72. The summed E-state index contributed by atoms with van der Waals surface area (Å²) in [5.41, 5.74) is 7.64. The van der Waals surface area contributed by atoms with E-state index in [1.54, 1.807) is 30.3 Å². The maximum Gasteiger partial charge on any atom is 0.326 e. The third kappa shape index (κ3) is 9.94. The van der Waals surface area contributed by atoms with Crippen LogP contribution in [0.2, 0.25) is 0 Å². The van der Waals surface area contributed by atoms with Crippen LogP contribution >= 0.6 is 12.6 Å². The Morgan fingerprint density at radius 1 is 0.703 bits per heavy atom. The predicted octanol–water partition coefficient (Wildman–Crippen LogP) is -0.257. The molecule has 0 aliphatic rings. The van der Waals surface area contributed by atoms with E-state index in [2.05, 4.69) is 28.6 Å². The van der Waals surface area contributed by atoms with Gasteiger partial charge in [0.15, 0.2) is 0 Å². The first kappa shape index (κ1) is 29.3. The average Bonchev–Trinajstić information content (AvgIpc) is 2.87. The van der Waals surface area contributed by atoms with Crippen LogP contribution in [0.5, 0.6) is 0 Å². The summed E-state index contributed by atoms with van der Waals surface area (Å²) in [4.78, 5) is 60.7. The van der Waals surface area contributed by atoms with E-state index in [0.717, 1.165) is 11.1 Å². The highest BCUT2D eigenvalue weighted by Gasteiger charge is 2.30. The van der Waals surface area contributed by atoms with Crippen molar-refractivity contribution in [2.45, 2.75) is 43.4 Å². The van der Waals surface area contributed by atoms with Gasteiger partial charge in [0.1, 0.15) is 18.1 Å². The van der Waals surface area contributed by atoms with Gasteiger partial charge in [0.25, 0.3) is 0 Å². The van der Waals surface area contributed by atoms with E-state index in [0.29, 0.717) is 0 Å². The van der Waals surface area contributed by atoms with E-state index in [1.807, 2.05) is 30.3 Å². The van der Waals surface area contributed by atoms with Crippen molar-refractivity contribution >= 4 is 42.3 Å². The molecule has 0 aromatic heterocycles. The van der Waals surface area contributed by atoms with Crippen LogP contribution in [0, 0.1) is 0 Å². The van der Waals surface area contributed by atoms with Crippen LogP contribution in [-0.4, -0.2) is 69.8 Å². The third-order valence-electron chi connectivity index (χ3n) is 5.36. The highest BCUT2D eigenvalue weighted by atomic mass is 32.1. The number of carbonyl (C=O) groups excluding carboxylic acids is 3. The molecule has 0 fully saturated rings. The van der Waals surface area contributed by atoms with Gasteiger partial charge in [-0.15, -0.1) is 0 Å². The second-order valence-corrected chi connectivity index (χ2v) is 8.65. The van der Waals surface area contributed by atoms with Crippen molar-refractivity contribution < 1.29 is 34.2 Å². The molecule has 0 heterocycles. The molecule has 2 rings (SSSR count). The van der Waals surface area contributed by atoms with Crippen LogP contribution in [0.15, 0.2) is 60.7 Å². The van der Waals surface area contributed by atoms with Gasteiger partial charge in [-0.3, -0.25) is 19.2 Å². The number of amides is 3. The zero-order valence-corrected chi connectivity index (χ0v) is 20.8. The Morgan fingerprint density at radius 3 is 1.65 bits per heavy atom. The molecule has 3 amide bonds. The summed E-state index contributed by atoms with van der Waals surface area (Å²) in [6, 6.07) is 13.0. The number of thiol groups is 1. The minimum absolute atomic E-state index is 0.0914. The van der Waals surface area contributed by atoms with E-state index in [1.165, 1.54) is 0 Å². The number of nitrogens with one attached hydrogen (secondary N) is 3. The quantitative estimate of drug-likeness (QED) is 0.163. The number of carboxylic acid groups (broad SMARTS) is 2. The summed E-state index contributed by atoms with van der Waals surface area (Å²) in [5, 5.41) is 25.2. The first-order chi connectivity index (χ1) is 17.6. The molecular formula is C25H30N4O7S. The molecule has 37 heavy (non-hydrogen) atoms. The van der Waals surface area contributed by atoms with E-state index in [9.17, 15) is 29.1 Å². The van der Waals surface area contributed by atoms with Crippen LogP contribution in [0.3, 0.4) is 0 Å². The second-order valence-electron chi connectivity index (χ2n) is 8.29. The maximum absolute atomic E-state index is 13.1. The summed E-state index contributed by atoms with van der Waals surface area (Å²) in [6.45, 7) is 0. The molecule has 2 aromatic rings. The van der Waals surface area contributed by atoms with Gasteiger partial charge in [-0.1, -0.05) is 60.7 Å². The Kier molecular flexibility index (Phi) is 11.6. The maximum atomic E-state index is 13.1. The molecule has 4 unspecified atom stereocenters. The topological polar surface area (TPSA) is 188 Å². The van der Waals surface area contributed by atoms with Crippen LogP contribution < -0.4 is 21.7 Å². The van der Waals surface area contributed by atoms with E-state index in [-0.39, 0.29) is 18.6 Å². The fourth-order valence-electron chi connectivity index (χ4n) is 3.41. The summed E-state index contributed by atoms with van der Waals surface area (Å²) < 4.78 is 0. The van der Waals surface area contributed by atoms with Crippen LogP contribution in [0.4, 0.5) is 0 Å². The average molecular weight is 531 g/mol. The minimum atomic E-state index is -1.69. The lowest BCUT2D eigenvalue weighted by Crippen LogP contribution is -2.58. The van der Waals surface area contributed by atoms with Crippen LogP contribution in [0.1, 0.15) is 17.5 Å². The molecular weight excluding hydrogens is 500 g/mol. The van der Waals surface area contributed by atoms with Gasteiger partial charge >= 0.3 is 11.9 Å². The standard InChI is InChI=1S/C25H30N4O7S/c26-17(11-15-7-3-1-4-8-15)22(32)27-18(12-16-9-5-2-6-10-16)23(33)29-20(14-37)24(34)28-19(25(35)36)13-21(30)31/h1-10,17-20,37H,11-14,26H2,(H,27,32)(H,28,34)(H,29,33)(H,30,31)(H,35,36). The summed E-state index contributed by atoms with van der Waals surface area (Å²) >= 11 is 4.05. The van der Waals surface area contributed by atoms with Crippen LogP contribution in [-0.2, 0) is 36.8 Å². The van der Waals surface area contributed by atoms with Gasteiger partial charge in [0.2, 0.25) is 17.7 Å². The first-order valence-electron chi connectivity index (χ1n) is 11.4. The fraction of sp³-hybridized carbons (Fsp3) is 0.320. The van der Waals surface area contributed by atoms with E-state index < -0.39 is 60.2 Å². The SMILES string of the molecule is NC(Cc1ccccc1)C(=O)NC(Cc1ccccc1)C(=O)NC(CS)C(=O)NC(CC(=O)O)C(=O)O. The van der Waals surface area contributed by atoms with Crippen molar-refractivity contribution in [3.63, 3.8) is 0 Å². The number of hydrogen-bond acceptors (Lipinski definition) is 7. The lowest BCUT2D eigenvalue weighted by atomic mass is 10.0. The van der Waals surface area contributed by atoms with Crippen molar-refractivity contribution in [2.24, 2.45) is 5.73 Å². The number of aliphatic carboxylic acids is 2. The minimum Gasteiger partial charge on any atom is -0.481 e. The van der Waals surface area contributed by atoms with E-state index >= 15 is 0 Å². The summed E-state index contributed by atoms with van der Waals surface area (Å²) in [6.07, 6.45) is -0.511. The molecule has 0 spiro atoms. The van der Waals surface area contributed by atoms with Gasteiger partial charge in [-0.05, 0) is 17.5 Å². The number of carboxylic acids is 2. The normalized spacial score (nSPS) is 13.9. The molecule has 0 aliphatic heterocycles. The molecule has 2 aromatic carbocycles. The molecule has 0 aliphatic carbocycles. The smallest absolute Gasteiger partial charge is 0.326 e. The Morgan fingerprint density at radius 2 is 1.16 bits per heavy atom. The molecule has 7 N–H and O–H groups in total. The molecule has 0 saturated heterocycles. The molecule has 198 valence electrons. The number of rotatable bonds is 14. The fourth-order valence-corrected chi connectivity index (χ4v) is 3.67. The highest BCUT2D eigenvalue weighted by Crippen LogP contribution is 2.07. The number of nitrogens with two attached hydrogens (primary N) is 1. The van der Waals surface area contributed by atoms with Crippen molar-refractivity contribution in [2.75, 3.05) is 5.75 Å². The van der Waals surface area contributed by atoms with Crippen molar-refractivity contribution in [1.29, 1.82) is 0 Å². The van der Waals surface area contributed by atoms with Crippen molar-refractivity contribution in [3.05, 3.63) is 71.8 Å². The number of carbonyl (C=O) groups is 5. The van der Waals surface area contributed by atoms with Gasteiger partial charge in [0.05, 0.1) is 12.5 Å². The molecule has 0 saturated carbocycles. The predicted molar refractivity (Wildman–Crippen MR) is 138 cm³/mol. The molecule has 4 atom stereocenters. The molecule has 0 bridgehead atoms. The summed E-state index contributed by atoms with van der Waals surface area (Å²) in [5.74, 6) is -5.39. The summed E-state index contributed by atoms with van der Waals surface area (Å²) in [7, 11) is 0. The zero-order valence-electron chi connectivity index (χ0n) is 19.9. The lowest BCUT2D eigenvalue weighted by Gasteiger charge is -2.24. The molecule has 0 radical (unpaired) electrons. The molecule has 11 nitrogen and oxygen atoms in total. The van der Waals surface area contributed by atoms with Crippen molar-refractivity contribution in [3.8, 4) is 0 Å². The van der Waals surface area contributed by atoms with Crippen LogP contribution in [0.25, 0.3) is 0 Å². The lowest BCUT2D eigenvalue weighted by molar-refractivity contribution is -0.147. The van der Waals surface area contributed by atoms with Gasteiger partial charge in [0, 0.05) is 12.2 Å². The van der Waals surface area contributed by atoms with Crippen molar-refractivity contribution in [1.82, 2.24) is 16.0 Å². The highest BCUT2D eigenvalue weighted by molar-refractivity contribution is 7.80. The number of benzene rings is 2. The number of hydrogen-bond donors (Lipinski definition) is 7. The second kappa shape index (κ2) is 14.6. The van der Waals surface area contributed by atoms with Gasteiger partial charge in [-0.2, -0.15) is 12.6 Å². The zero-order chi connectivity index (χ0) is 27.4. The first-order valence-corrected chi connectivity index (χ1v) is 12.0. The molecule has 12 heteroatoms.